The van der Waals surface area contributed by atoms with Crippen LogP contribution in [0.15, 0.2) is 30.6 Å². The zero-order valence-corrected chi connectivity index (χ0v) is 13.9. The lowest BCUT2D eigenvalue weighted by molar-refractivity contribution is 0.00864. The highest BCUT2D eigenvalue weighted by molar-refractivity contribution is 5.75. The van der Waals surface area contributed by atoms with Gasteiger partial charge in [0.05, 0.1) is 19.8 Å². The molecule has 2 amide bonds. The maximum absolute atomic E-state index is 12.7. The van der Waals surface area contributed by atoms with Crippen molar-refractivity contribution in [2.75, 3.05) is 32.9 Å². The SMILES string of the molecule is O=C(NC[C@H]1CCOc2ccccc21)N1CCOC[C@@H]1c1ncn[nH]1. The normalized spacial score (nSPS) is 22.8. The van der Waals surface area contributed by atoms with Crippen LogP contribution in [-0.4, -0.2) is 59.0 Å². The second-order valence-electron chi connectivity index (χ2n) is 6.21. The first kappa shape index (κ1) is 15.9. The Kier molecular flexibility index (Phi) is 4.51. The smallest absolute Gasteiger partial charge is 0.318 e. The number of morpholine rings is 1. The third kappa shape index (κ3) is 3.30. The molecule has 0 bridgehead atoms. The van der Waals surface area contributed by atoms with Crippen molar-refractivity contribution in [1.82, 2.24) is 25.4 Å². The Morgan fingerprint density at radius 3 is 3.16 bits per heavy atom. The molecule has 3 heterocycles. The third-order valence-electron chi connectivity index (χ3n) is 4.72. The highest BCUT2D eigenvalue weighted by atomic mass is 16.5. The minimum atomic E-state index is -0.238. The van der Waals surface area contributed by atoms with Crippen molar-refractivity contribution in [3.63, 3.8) is 0 Å². The molecule has 2 atom stereocenters. The molecule has 8 nitrogen and oxygen atoms in total. The van der Waals surface area contributed by atoms with E-state index in [1.54, 1.807) is 4.90 Å². The van der Waals surface area contributed by atoms with Gasteiger partial charge < -0.3 is 19.7 Å². The van der Waals surface area contributed by atoms with Gasteiger partial charge in [-0.25, -0.2) is 9.78 Å². The van der Waals surface area contributed by atoms with Crippen LogP contribution >= 0.6 is 0 Å². The van der Waals surface area contributed by atoms with Crippen molar-refractivity contribution >= 4 is 6.03 Å². The molecule has 2 aliphatic rings. The Labute approximate surface area is 145 Å². The Balaban J connectivity index is 1.42. The van der Waals surface area contributed by atoms with Gasteiger partial charge in [0.1, 0.15) is 23.9 Å². The molecule has 25 heavy (non-hydrogen) atoms. The monoisotopic (exact) mass is 343 g/mol. The molecule has 2 aliphatic heterocycles. The predicted molar refractivity (Wildman–Crippen MR) is 89.3 cm³/mol. The van der Waals surface area contributed by atoms with Crippen LogP contribution in [0.1, 0.15) is 29.8 Å². The molecule has 8 heteroatoms. The number of amides is 2. The van der Waals surface area contributed by atoms with Crippen molar-refractivity contribution < 1.29 is 14.3 Å². The molecule has 2 aromatic rings. The average molecular weight is 343 g/mol. The molecule has 0 radical (unpaired) electrons. The number of hydrogen-bond acceptors (Lipinski definition) is 5. The largest absolute Gasteiger partial charge is 0.493 e. The van der Waals surface area contributed by atoms with E-state index >= 15 is 0 Å². The lowest BCUT2D eigenvalue weighted by Gasteiger charge is -2.35. The van der Waals surface area contributed by atoms with Gasteiger partial charge in [-0.2, -0.15) is 5.10 Å². The number of aromatic nitrogens is 3. The van der Waals surface area contributed by atoms with Gasteiger partial charge in [-0.15, -0.1) is 0 Å². The van der Waals surface area contributed by atoms with Gasteiger partial charge >= 0.3 is 6.03 Å². The number of H-pyrrole nitrogens is 1. The number of fused-ring (bicyclic) bond motifs is 1. The highest BCUT2D eigenvalue weighted by Gasteiger charge is 2.31. The number of para-hydroxylation sites is 1. The van der Waals surface area contributed by atoms with E-state index in [-0.39, 0.29) is 18.0 Å². The molecule has 0 aliphatic carbocycles. The van der Waals surface area contributed by atoms with Crippen LogP contribution in [0.2, 0.25) is 0 Å². The fourth-order valence-electron chi connectivity index (χ4n) is 3.39. The quantitative estimate of drug-likeness (QED) is 0.880. The van der Waals surface area contributed by atoms with E-state index in [0.717, 1.165) is 17.7 Å². The van der Waals surface area contributed by atoms with Gasteiger partial charge in [-0.1, -0.05) is 18.2 Å². The molecule has 132 valence electrons. The summed E-state index contributed by atoms with van der Waals surface area (Å²) < 4.78 is 11.2. The molecule has 1 aromatic carbocycles. The molecular weight excluding hydrogens is 322 g/mol. The van der Waals surface area contributed by atoms with Gasteiger partial charge in [0.2, 0.25) is 0 Å². The average Bonchev–Trinajstić information content (AvgIpc) is 3.21. The molecule has 2 N–H and O–H groups in total. The van der Waals surface area contributed by atoms with Crippen molar-refractivity contribution in [2.24, 2.45) is 0 Å². The summed E-state index contributed by atoms with van der Waals surface area (Å²) in [7, 11) is 0. The summed E-state index contributed by atoms with van der Waals surface area (Å²) in [5, 5.41) is 9.77. The van der Waals surface area contributed by atoms with Crippen molar-refractivity contribution in [2.45, 2.75) is 18.4 Å². The Morgan fingerprint density at radius 1 is 1.36 bits per heavy atom. The minimum absolute atomic E-state index is 0.103. The number of aromatic amines is 1. The molecular formula is C17H21N5O3. The first-order valence-corrected chi connectivity index (χ1v) is 8.52. The first-order valence-electron chi connectivity index (χ1n) is 8.52. The Morgan fingerprint density at radius 2 is 2.28 bits per heavy atom. The molecule has 0 spiro atoms. The van der Waals surface area contributed by atoms with E-state index in [9.17, 15) is 4.79 Å². The van der Waals surface area contributed by atoms with Crippen LogP contribution < -0.4 is 10.1 Å². The van der Waals surface area contributed by atoms with Crippen LogP contribution in [0.3, 0.4) is 0 Å². The second-order valence-corrected chi connectivity index (χ2v) is 6.21. The third-order valence-corrected chi connectivity index (χ3v) is 4.72. The maximum Gasteiger partial charge on any atom is 0.318 e. The Hall–Kier alpha value is -2.61. The molecule has 1 saturated heterocycles. The standard InChI is InChI=1S/C17H21N5O3/c23-17(22-6-8-24-10-14(22)16-19-11-20-21-16)18-9-12-5-7-25-15-4-2-1-3-13(12)15/h1-4,11-12,14H,5-10H2,(H,18,23)(H,19,20,21)/t12-,14-/m1/s1. The number of urea groups is 1. The van der Waals surface area contributed by atoms with E-state index in [0.29, 0.717) is 38.7 Å². The fourth-order valence-corrected chi connectivity index (χ4v) is 3.39. The second kappa shape index (κ2) is 7.10. The number of carbonyl (C=O) groups is 1. The van der Waals surface area contributed by atoms with E-state index in [4.69, 9.17) is 9.47 Å². The van der Waals surface area contributed by atoms with Gasteiger partial charge in [0.15, 0.2) is 0 Å². The van der Waals surface area contributed by atoms with Gasteiger partial charge in [-0.3, -0.25) is 5.10 Å². The molecule has 0 saturated carbocycles. The molecule has 0 unspecified atom stereocenters. The number of hydrogen-bond donors (Lipinski definition) is 2. The van der Waals surface area contributed by atoms with Crippen molar-refractivity contribution in [1.29, 1.82) is 0 Å². The number of benzene rings is 1. The molecule has 4 rings (SSSR count). The Bertz CT molecular complexity index is 721. The summed E-state index contributed by atoms with van der Waals surface area (Å²) in [5.41, 5.74) is 1.16. The van der Waals surface area contributed by atoms with Crippen molar-refractivity contribution in [3.05, 3.63) is 42.0 Å². The lowest BCUT2D eigenvalue weighted by atomic mass is 9.93. The van der Waals surface area contributed by atoms with Crippen LogP contribution in [0.4, 0.5) is 4.79 Å². The zero-order valence-electron chi connectivity index (χ0n) is 13.9. The topological polar surface area (TPSA) is 92.4 Å². The summed E-state index contributed by atoms with van der Waals surface area (Å²) >= 11 is 0. The number of rotatable bonds is 3. The predicted octanol–water partition coefficient (Wildman–Crippen LogP) is 1.45. The zero-order chi connectivity index (χ0) is 17.1. The lowest BCUT2D eigenvalue weighted by Crippen LogP contribution is -2.49. The fraction of sp³-hybridized carbons (Fsp3) is 0.471. The van der Waals surface area contributed by atoms with Gasteiger partial charge in [0, 0.05) is 19.0 Å². The molecule has 1 aromatic heterocycles. The summed E-state index contributed by atoms with van der Waals surface area (Å²) in [6.45, 7) is 2.73. The van der Waals surface area contributed by atoms with E-state index in [2.05, 4.69) is 26.6 Å². The first-order chi connectivity index (χ1) is 12.3. The number of ether oxygens (including phenoxy) is 2. The van der Waals surface area contributed by atoms with E-state index in [1.165, 1.54) is 6.33 Å². The van der Waals surface area contributed by atoms with E-state index < -0.39 is 0 Å². The summed E-state index contributed by atoms with van der Waals surface area (Å²) in [6, 6.07) is 7.68. The maximum atomic E-state index is 12.7. The summed E-state index contributed by atoms with van der Waals surface area (Å²) in [6.07, 6.45) is 2.34. The highest BCUT2D eigenvalue weighted by Crippen LogP contribution is 2.32. The number of nitrogens with one attached hydrogen (secondary N) is 2. The number of carbonyl (C=O) groups excluding carboxylic acids is 1. The van der Waals surface area contributed by atoms with Crippen LogP contribution in [-0.2, 0) is 4.74 Å². The summed E-state index contributed by atoms with van der Waals surface area (Å²) in [5.74, 6) is 1.82. The van der Waals surface area contributed by atoms with Gasteiger partial charge in [0.25, 0.3) is 0 Å². The van der Waals surface area contributed by atoms with Crippen molar-refractivity contribution in [3.8, 4) is 5.75 Å². The minimum Gasteiger partial charge on any atom is -0.493 e. The van der Waals surface area contributed by atoms with Crippen LogP contribution in [0, 0.1) is 0 Å². The van der Waals surface area contributed by atoms with Gasteiger partial charge in [-0.05, 0) is 18.1 Å². The van der Waals surface area contributed by atoms with E-state index in [1.807, 2.05) is 18.2 Å². The molecule has 1 fully saturated rings. The van der Waals surface area contributed by atoms with Crippen LogP contribution in [0.25, 0.3) is 0 Å². The number of nitrogens with zero attached hydrogens (tertiary/aromatic N) is 3. The summed E-state index contributed by atoms with van der Waals surface area (Å²) in [4.78, 5) is 18.7. The van der Waals surface area contributed by atoms with Crippen LogP contribution in [0.5, 0.6) is 5.75 Å².